The third-order valence-corrected chi connectivity index (χ3v) is 3.56. The summed E-state index contributed by atoms with van der Waals surface area (Å²) in [6, 6.07) is 7.36. The highest BCUT2D eigenvalue weighted by molar-refractivity contribution is 5.98. The fourth-order valence-electron chi connectivity index (χ4n) is 2.13. The largest absolute Gasteiger partial charge is 0.380 e. The van der Waals surface area contributed by atoms with E-state index in [1.165, 1.54) is 6.08 Å². The van der Waals surface area contributed by atoms with Crippen molar-refractivity contribution in [2.45, 2.75) is 39.3 Å². The highest BCUT2D eigenvalue weighted by Gasteiger charge is 2.19. The van der Waals surface area contributed by atoms with E-state index < -0.39 is 0 Å². The molecular weight excluding hydrogens is 292 g/mol. The Bertz CT molecular complexity index is 538. The Morgan fingerprint density at radius 3 is 2.35 bits per heavy atom. The minimum Gasteiger partial charge on any atom is -0.380 e. The topological polar surface area (TPSA) is 58.6 Å². The van der Waals surface area contributed by atoms with Crippen LogP contribution in [0.1, 0.15) is 26.3 Å². The normalized spacial score (nSPS) is 11.9. The van der Waals surface area contributed by atoms with Gasteiger partial charge in [0.05, 0.1) is 12.5 Å². The van der Waals surface area contributed by atoms with Gasteiger partial charge in [0.1, 0.15) is 0 Å². The summed E-state index contributed by atoms with van der Waals surface area (Å²) in [6.07, 6.45) is 1.54. The van der Waals surface area contributed by atoms with E-state index in [4.69, 9.17) is 4.74 Å². The number of hydrogen-bond donors (Lipinski definition) is 1. The maximum Gasteiger partial charge on any atom is 0.247 e. The minimum atomic E-state index is -0.256. The third kappa shape index (κ3) is 6.24. The van der Waals surface area contributed by atoms with Gasteiger partial charge in [0.25, 0.3) is 0 Å². The molecule has 0 aliphatic heterocycles. The van der Waals surface area contributed by atoms with Gasteiger partial charge in [0.15, 0.2) is 0 Å². The molecule has 0 fully saturated rings. The van der Waals surface area contributed by atoms with Crippen molar-refractivity contribution in [3.63, 3.8) is 0 Å². The number of ether oxygens (including phenoxy) is 1. The summed E-state index contributed by atoms with van der Waals surface area (Å²) < 4.78 is 5.25. The van der Waals surface area contributed by atoms with Crippen molar-refractivity contribution in [2.24, 2.45) is 0 Å². The van der Waals surface area contributed by atoms with Gasteiger partial charge in [-0.05, 0) is 44.5 Å². The van der Waals surface area contributed by atoms with Gasteiger partial charge in [-0.25, -0.2) is 0 Å². The summed E-state index contributed by atoms with van der Waals surface area (Å²) >= 11 is 0. The fourth-order valence-corrected chi connectivity index (χ4v) is 2.13. The maximum atomic E-state index is 12.5. The molecule has 1 aromatic carbocycles. The van der Waals surface area contributed by atoms with Crippen molar-refractivity contribution in [3.05, 3.63) is 42.5 Å². The van der Waals surface area contributed by atoms with Crippen molar-refractivity contribution >= 4 is 17.5 Å². The molecule has 1 unspecified atom stereocenters. The van der Waals surface area contributed by atoms with Crippen molar-refractivity contribution in [1.29, 1.82) is 0 Å². The molecule has 0 aliphatic carbocycles. The zero-order valence-corrected chi connectivity index (χ0v) is 14.3. The Morgan fingerprint density at radius 2 is 1.87 bits per heavy atom. The molecule has 0 heterocycles. The maximum absolute atomic E-state index is 12.5. The summed E-state index contributed by atoms with van der Waals surface area (Å²) in [4.78, 5) is 25.6. The fraction of sp³-hybridized carbons (Fsp3) is 0.444. The van der Waals surface area contributed by atoms with Gasteiger partial charge in [-0.1, -0.05) is 18.7 Å². The van der Waals surface area contributed by atoms with E-state index in [1.54, 1.807) is 19.2 Å². The van der Waals surface area contributed by atoms with Crippen LogP contribution in [0.3, 0.4) is 0 Å². The predicted octanol–water partition coefficient (Wildman–Crippen LogP) is 2.63. The van der Waals surface area contributed by atoms with Crippen LogP contribution in [0.15, 0.2) is 36.9 Å². The lowest BCUT2D eigenvalue weighted by atomic mass is 10.1. The second-order valence-corrected chi connectivity index (χ2v) is 5.75. The Morgan fingerprint density at radius 1 is 1.26 bits per heavy atom. The van der Waals surface area contributed by atoms with Crippen LogP contribution in [0.25, 0.3) is 0 Å². The molecule has 126 valence electrons. The van der Waals surface area contributed by atoms with Gasteiger partial charge >= 0.3 is 0 Å². The molecule has 2 amide bonds. The van der Waals surface area contributed by atoms with Gasteiger partial charge in [0, 0.05) is 25.4 Å². The molecule has 0 radical (unpaired) electrons. The molecule has 0 aliphatic rings. The molecule has 0 bridgehead atoms. The quantitative estimate of drug-likeness (QED) is 0.750. The molecule has 23 heavy (non-hydrogen) atoms. The van der Waals surface area contributed by atoms with E-state index in [1.807, 2.05) is 37.8 Å². The van der Waals surface area contributed by atoms with Crippen molar-refractivity contribution in [3.8, 4) is 0 Å². The van der Waals surface area contributed by atoms with Crippen LogP contribution in [-0.4, -0.2) is 42.5 Å². The van der Waals surface area contributed by atoms with Crippen molar-refractivity contribution in [2.75, 3.05) is 19.0 Å². The first-order valence-electron chi connectivity index (χ1n) is 7.72. The Kier molecular flexibility index (Phi) is 7.48. The Balaban J connectivity index is 2.71. The number of hydrogen-bond acceptors (Lipinski definition) is 3. The van der Waals surface area contributed by atoms with Gasteiger partial charge in [-0.2, -0.15) is 0 Å². The predicted molar refractivity (Wildman–Crippen MR) is 92.3 cm³/mol. The highest BCUT2D eigenvalue weighted by Crippen LogP contribution is 2.12. The number of benzene rings is 1. The lowest BCUT2D eigenvalue weighted by Crippen LogP contribution is -2.42. The average molecular weight is 318 g/mol. The SMILES string of the molecule is C=CC(=O)Nc1ccc(CC(=O)N(CC(C)OC)C(C)C)cc1. The van der Waals surface area contributed by atoms with E-state index in [2.05, 4.69) is 11.9 Å². The first-order valence-corrected chi connectivity index (χ1v) is 7.72. The number of amides is 2. The molecule has 1 rings (SSSR count). The zero-order chi connectivity index (χ0) is 17.4. The van der Waals surface area contributed by atoms with E-state index >= 15 is 0 Å². The summed E-state index contributed by atoms with van der Waals surface area (Å²) in [5.74, 6) is -0.194. The van der Waals surface area contributed by atoms with Crippen molar-refractivity contribution in [1.82, 2.24) is 4.90 Å². The second kappa shape index (κ2) is 9.10. The number of carbonyl (C=O) groups is 2. The molecule has 1 atom stereocenters. The lowest BCUT2D eigenvalue weighted by molar-refractivity contribution is -0.133. The number of anilines is 1. The van der Waals surface area contributed by atoms with Gasteiger partial charge in [-0.15, -0.1) is 0 Å². The molecular formula is C18H26N2O3. The molecule has 1 N–H and O–H groups in total. The van der Waals surface area contributed by atoms with Gasteiger partial charge < -0.3 is 15.0 Å². The first-order chi connectivity index (χ1) is 10.9. The number of rotatable bonds is 8. The van der Waals surface area contributed by atoms with Gasteiger partial charge in [0.2, 0.25) is 11.8 Å². The third-order valence-electron chi connectivity index (χ3n) is 3.56. The van der Waals surface area contributed by atoms with Crippen LogP contribution in [0.4, 0.5) is 5.69 Å². The average Bonchev–Trinajstić information content (AvgIpc) is 2.53. The molecule has 1 aromatic rings. The Labute approximate surface area is 138 Å². The summed E-state index contributed by atoms with van der Waals surface area (Å²) in [7, 11) is 1.64. The first kappa shape index (κ1) is 18.9. The summed E-state index contributed by atoms with van der Waals surface area (Å²) in [6.45, 7) is 9.91. The van der Waals surface area contributed by atoms with E-state index in [9.17, 15) is 9.59 Å². The van der Waals surface area contributed by atoms with Crippen LogP contribution >= 0.6 is 0 Å². The monoisotopic (exact) mass is 318 g/mol. The van der Waals surface area contributed by atoms with Crippen molar-refractivity contribution < 1.29 is 14.3 Å². The second-order valence-electron chi connectivity index (χ2n) is 5.75. The van der Waals surface area contributed by atoms with Gasteiger partial charge in [-0.3, -0.25) is 9.59 Å². The number of nitrogens with zero attached hydrogens (tertiary/aromatic N) is 1. The van der Waals surface area contributed by atoms with Crippen LogP contribution in [0.5, 0.6) is 0 Å². The van der Waals surface area contributed by atoms with Crippen LogP contribution in [-0.2, 0) is 20.7 Å². The smallest absolute Gasteiger partial charge is 0.247 e. The van der Waals surface area contributed by atoms with Crippen LogP contribution < -0.4 is 5.32 Å². The number of carbonyl (C=O) groups excluding carboxylic acids is 2. The van der Waals surface area contributed by atoms with E-state index in [0.29, 0.717) is 18.7 Å². The molecule has 5 heteroatoms. The molecule has 5 nitrogen and oxygen atoms in total. The van der Waals surface area contributed by atoms with Crippen LogP contribution in [0, 0.1) is 0 Å². The summed E-state index contributed by atoms with van der Waals surface area (Å²) in [5.41, 5.74) is 1.59. The Hall–Kier alpha value is -2.14. The molecule has 0 spiro atoms. The standard InChI is InChI=1S/C18H26N2O3/c1-6-17(21)19-16-9-7-15(8-10-16)11-18(22)20(13(2)3)12-14(4)23-5/h6-10,13-14H,1,11-12H2,2-5H3,(H,19,21). The molecule has 0 saturated carbocycles. The number of nitrogens with one attached hydrogen (secondary N) is 1. The van der Waals surface area contributed by atoms with Crippen LogP contribution in [0.2, 0.25) is 0 Å². The van der Waals surface area contributed by atoms with E-state index in [-0.39, 0.29) is 24.0 Å². The molecule has 0 saturated heterocycles. The zero-order valence-electron chi connectivity index (χ0n) is 14.3. The summed E-state index contributed by atoms with van der Waals surface area (Å²) in [5, 5.41) is 2.68. The minimum absolute atomic E-state index is 0.00200. The molecule has 0 aromatic heterocycles. The number of methoxy groups -OCH3 is 1. The van der Waals surface area contributed by atoms with E-state index in [0.717, 1.165) is 5.56 Å². The lowest BCUT2D eigenvalue weighted by Gasteiger charge is -2.29. The highest BCUT2D eigenvalue weighted by atomic mass is 16.5.